The Morgan fingerprint density at radius 1 is 1.10 bits per heavy atom. The van der Waals surface area contributed by atoms with Crippen molar-refractivity contribution < 1.29 is 23.9 Å². The molecular formula is C21H19Cl2N3O5. The molecule has 2 aromatic carbocycles. The molecule has 1 aliphatic rings. The number of carbonyl (C=O) groups excluding carboxylic acids is 4. The van der Waals surface area contributed by atoms with E-state index in [1.54, 1.807) is 30.3 Å². The number of hydrazine groups is 1. The molecule has 2 aromatic rings. The van der Waals surface area contributed by atoms with Crippen LogP contribution >= 0.6 is 23.2 Å². The summed E-state index contributed by atoms with van der Waals surface area (Å²) in [4.78, 5) is 49.9. The zero-order valence-electron chi connectivity index (χ0n) is 16.5. The van der Waals surface area contributed by atoms with Crippen LogP contribution in [-0.4, -0.2) is 36.8 Å². The minimum Gasteiger partial charge on any atom is -0.455 e. The zero-order chi connectivity index (χ0) is 22.5. The van der Waals surface area contributed by atoms with E-state index < -0.39 is 30.3 Å². The maximum absolute atomic E-state index is 12.3. The standard InChI is InChI=1S/C21H19Cl2N3O5/c1-12-6-7-14(9-17(12)23)26-10-13(8-19(26)28)21(30)31-11-18(27)24-25-20(29)15-4-2-3-5-16(15)22/h2-7,9,13H,8,10-11H2,1H3,(H,24,27)(H,25,29)/t13-/m1/s1. The number of halogens is 2. The molecule has 31 heavy (non-hydrogen) atoms. The second-order valence-corrected chi connectivity index (χ2v) is 7.74. The molecule has 3 amide bonds. The number of esters is 1. The normalized spacial score (nSPS) is 15.5. The van der Waals surface area contributed by atoms with Gasteiger partial charge in [0.25, 0.3) is 11.8 Å². The van der Waals surface area contributed by atoms with Gasteiger partial charge in [-0.15, -0.1) is 0 Å². The SMILES string of the molecule is Cc1ccc(N2C[C@H](C(=O)OCC(=O)NNC(=O)c3ccccc3Cl)CC2=O)cc1Cl. The maximum atomic E-state index is 12.3. The molecule has 2 N–H and O–H groups in total. The molecule has 0 unspecified atom stereocenters. The summed E-state index contributed by atoms with van der Waals surface area (Å²) in [5.74, 6) is -2.97. The van der Waals surface area contributed by atoms with Crippen LogP contribution in [0.5, 0.6) is 0 Å². The van der Waals surface area contributed by atoms with E-state index in [0.29, 0.717) is 10.7 Å². The first-order valence-corrected chi connectivity index (χ1v) is 10.1. The number of aryl methyl sites for hydroxylation is 1. The number of amides is 3. The van der Waals surface area contributed by atoms with E-state index in [-0.39, 0.29) is 29.5 Å². The molecule has 1 fully saturated rings. The topological polar surface area (TPSA) is 105 Å². The van der Waals surface area contributed by atoms with Crippen LogP contribution in [0.3, 0.4) is 0 Å². The fraction of sp³-hybridized carbons (Fsp3) is 0.238. The first kappa shape index (κ1) is 22.6. The highest BCUT2D eigenvalue weighted by molar-refractivity contribution is 6.33. The molecule has 0 aliphatic carbocycles. The van der Waals surface area contributed by atoms with Gasteiger partial charge >= 0.3 is 5.97 Å². The van der Waals surface area contributed by atoms with Crippen molar-refractivity contribution >= 4 is 52.6 Å². The molecule has 1 saturated heterocycles. The van der Waals surface area contributed by atoms with Gasteiger partial charge in [0.15, 0.2) is 6.61 Å². The second-order valence-electron chi connectivity index (χ2n) is 6.93. The molecular weight excluding hydrogens is 445 g/mol. The Labute approximate surface area is 188 Å². The third kappa shape index (κ3) is 5.53. The lowest BCUT2D eigenvalue weighted by Crippen LogP contribution is -2.44. The van der Waals surface area contributed by atoms with Gasteiger partial charge < -0.3 is 9.64 Å². The molecule has 0 radical (unpaired) electrons. The first-order chi connectivity index (χ1) is 14.8. The number of nitrogens with one attached hydrogen (secondary N) is 2. The number of nitrogens with zero attached hydrogens (tertiary/aromatic N) is 1. The van der Waals surface area contributed by atoms with Crippen LogP contribution < -0.4 is 15.8 Å². The van der Waals surface area contributed by atoms with Crippen molar-refractivity contribution in [3.63, 3.8) is 0 Å². The second kappa shape index (κ2) is 9.80. The Hall–Kier alpha value is -3.10. The summed E-state index contributed by atoms with van der Waals surface area (Å²) in [6.07, 6.45) is -0.0325. The van der Waals surface area contributed by atoms with E-state index in [2.05, 4.69) is 10.9 Å². The molecule has 0 aromatic heterocycles. The van der Waals surface area contributed by atoms with E-state index in [4.69, 9.17) is 27.9 Å². The number of benzene rings is 2. The van der Waals surface area contributed by atoms with Gasteiger partial charge in [-0.25, -0.2) is 0 Å². The van der Waals surface area contributed by atoms with E-state index in [1.165, 1.54) is 17.0 Å². The molecule has 0 spiro atoms. The summed E-state index contributed by atoms with van der Waals surface area (Å²) >= 11 is 12.0. The molecule has 162 valence electrons. The highest BCUT2D eigenvalue weighted by atomic mass is 35.5. The van der Waals surface area contributed by atoms with E-state index in [0.717, 1.165) is 5.56 Å². The van der Waals surface area contributed by atoms with Crippen molar-refractivity contribution in [1.29, 1.82) is 0 Å². The van der Waals surface area contributed by atoms with Crippen LogP contribution in [0.1, 0.15) is 22.3 Å². The van der Waals surface area contributed by atoms with Crippen LogP contribution in [0.2, 0.25) is 10.0 Å². The molecule has 8 nitrogen and oxygen atoms in total. The smallest absolute Gasteiger partial charge is 0.311 e. The molecule has 0 bridgehead atoms. The van der Waals surface area contributed by atoms with Crippen LogP contribution in [0.4, 0.5) is 5.69 Å². The summed E-state index contributed by atoms with van der Waals surface area (Å²) in [6.45, 7) is 1.37. The average Bonchev–Trinajstić information content (AvgIpc) is 3.14. The number of rotatable bonds is 5. The predicted octanol–water partition coefficient (Wildman–Crippen LogP) is 2.66. The lowest BCUT2D eigenvalue weighted by molar-refractivity contribution is -0.152. The van der Waals surface area contributed by atoms with Crippen LogP contribution in [0.25, 0.3) is 0 Å². The Morgan fingerprint density at radius 2 is 1.84 bits per heavy atom. The summed E-state index contributed by atoms with van der Waals surface area (Å²) in [6, 6.07) is 11.5. The van der Waals surface area contributed by atoms with Gasteiger partial charge in [-0.05, 0) is 36.8 Å². The Kier molecular flexibility index (Phi) is 7.14. The number of anilines is 1. The highest BCUT2D eigenvalue weighted by Crippen LogP contribution is 2.29. The number of hydrogen-bond acceptors (Lipinski definition) is 5. The fourth-order valence-electron chi connectivity index (χ4n) is 2.99. The van der Waals surface area contributed by atoms with Crippen molar-refractivity contribution in [1.82, 2.24) is 10.9 Å². The van der Waals surface area contributed by atoms with Gasteiger partial charge in [0.1, 0.15) is 0 Å². The number of hydrogen-bond donors (Lipinski definition) is 2. The third-order valence-corrected chi connectivity index (χ3v) is 5.44. The summed E-state index contributed by atoms with van der Waals surface area (Å²) < 4.78 is 4.99. The highest BCUT2D eigenvalue weighted by Gasteiger charge is 2.36. The van der Waals surface area contributed by atoms with Crippen LogP contribution in [0, 0.1) is 12.8 Å². The van der Waals surface area contributed by atoms with Gasteiger partial charge in [0, 0.05) is 23.7 Å². The van der Waals surface area contributed by atoms with Gasteiger partial charge in [-0.2, -0.15) is 0 Å². The third-order valence-electron chi connectivity index (χ3n) is 4.70. The van der Waals surface area contributed by atoms with Crippen molar-refractivity contribution in [3.05, 3.63) is 63.6 Å². The Balaban J connectivity index is 1.47. The molecule has 0 saturated carbocycles. The monoisotopic (exact) mass is 463 g/mol. The minimum atomic E-state index is -0.736. The summed E-state index contributed by atoms with van der Waals surface area (Å²) in [5.41, 5.74) is 5.98. The van der Waals surface area contributed by atoms with E-state index in [9.17, 15) is 19.2 Å². The van der Waals surface area contributed by atoms with Crippen molar-refractivity contribution in [3.8, 4) is 0 Å². The van der Waals surface area contributed by atoms with Gasteiger partial charge in [0.2, 0.25) is 5.91 Å². The van der Waals surface area contributed by atoms with Crippen LogP contribution in [0.15, 0.2) is 42.5 Å². The van der Waals surface area contributed by atoms with Crippen molar-refractivity contribution in [2.24, 2.45) is 5.92 Å². The van der Waals surface area contributed by atoms with Gasteiger partial charge in [0.05, 0.1) is 16.5 Å². The molecule has 10 heteroatoms. The first-order valence-electron chi connectivity index (χ1n) is 9.33. The summed E-state index contributed by atoms with van der Waals surface area (Å²) in [5, 5.41) is 0.748. The van der Waals surface area contributed by atoms with E-state index in [1.807, 2.05) is 6.92 Å². The average molecular weight is 464 g/mol. The molecule has 1 atom stereocenters. The van der Waals surface area contributed by atoms with E-state index >= 15 is 0 Å². The maximum Gasteiger partial charge on any atom is 0.311 e. The van der Waals surface area contributed by atoms with Crippen molar-refractivity contribution in [2.45, 2.75) is 13.3 Å². The van der Waals surface area contributed by atoms with Gasteiger partial charge in [-0.3, -0.25) is 30.0 Å². The molecule has 1 aliphatic heterocycles. The van der Waals surface area contributed by atoms with Crippen molar-refractivity contribution in [2.75, 3.05) is 18.1 Å². The molecule has 3 rings (SSSR count). The Morgan fingerprint density at radius 3 is 2.55 bits per heavy atom. The predicted molar refractivity (Wildman–Crippen MR) is 115 cm³/mol. The lowest BCUT2D eigenvalue weighted by atomic mass is 10.1. The summed E-state index contributed by atoms with van der Waals surface area (Å²) in [7, 11) is 0. The Bertz CT molecular complexity index is 1040. The number of ether oxygens (including phenoxy) is 1. The largest absolute Gasteiger partial charge is 0.455 e. The van der Waals surface area contributed by atoms with Crippen LogP contribution in [-0.2, 0) is 19.1 Å². The zero-order valence-corrected chi connectivity index (χ0v) is 18.0. The minimum absolute atomic E-state index is 0.0325. The lowest BCUT2D eigenvalue weighted by Gasteiger charge is -2.17. The fourth-order valence-corrected chi connectivity index (χ4v) is 3.39. The quantitative estimate of drug-likeness (QED) is 0.523. The molecule has 1 heterocycles. The van der Waals surface area contributed by atoms with Gasteiger partial charge in [-0.1, -0.05) is 41.4 Å². The number of carbonyl (C=O) groups is 4.